The summed E-state index contributed by atoms with van der Waals surface area (Å²) in [6.07, 6.45) is 7.28. The van der Waals surface area contributed by atoms with Crippen molar-refractivity contribution < 1.29 is 9.59 Å². The monoisotopic (exact) mass is 232 g/mol. The molecule has 0 N–H and O–H groups in total. The van der Waals surface area contributed by atoms with Crippen LogP contribution in [0.2, 0.25) is 0 Å². The van der Waals surface area contributed by atoms with Crippen molar-refractivity contribution >= 4 is 12.6 Å². The van der Waals surface area contributed by atoms with E-state index in [1.54, 1.807) is 0 Å². The minimum Gasteiger partial charge on any atom is -0.302 e. The molecule has 0 bridgehead atoms. The summed E-state index contributed by atoms with van der Waals surface area (Å²) in [6.45, 7) is 6.80. The predicted octanol–water partition coefficient (Wildman–Crippen LogP) is 2.77. The molecule has 17 heavy (non-hydrogen) atoms. The minimum absolute atomic E-state index is 0.0537. The molecule has 3 aliphatic rings. The summed E-state index contributed by atoms with van der Waals surface area (Å²) in [7, 11) is 0. The first kappa shape index (κ1) is 11.2. The van der Waals surface area contributed by atoms with Gasteiger partial charge in [-0.05, 0) is 41.9 Å². The lowest BCUT2D eigenvalue weighted by atomic mass is 9.70. The summed E-state index contributed by atoms with van der Waals surface area (Å²) in [5.74, 6) is 1.09. The van der Waals surface area contributed by atoms with Crippen LogP contribution in [0.4, 0.5) is 0 Å². The van der Waals surface area contributed by atoms with E-state index in [9.17, 15) is 9.59 Å². The van der Waals surface area contributed by atoms with E-state index >= 15 is 0 Å². The minimum atomic E-state index is -0.434. The lowest BCUT2D eigenvalue weighted by molar-refractivity contribution is -0.115. The highest BCUT2D eigenvalue weighted by Crippen LogP contribution is 2.76. The van der Waals surface area contributed by atoms with Crippen molar-refractivity contribution in [3.05, 3.63) is 11.6 Å². The van der Waals surface area contributed by atoms with E-state index in [-0.39, 0.29) is 5.41 Å². The smallest absolute Gasteiger partial charge is 0.146 e. The van der Waals surface area contributed by atoms with Gasteiger partial charge in [-0.2, -0.15) is 0 Å². The Morgan fingerprint density at radius 1 is 1.24 bits per heavy atom. The second-order valence-electron chi connectivity index (χ2n) is 7.27. The molecule has 0 aromatic carbocycles. The number of hydrogen-bond acceptors (Lipinski definition) is 2. The number of hydrogen-bond donors (Lipinski definition) is 0. The second-order valence-corrected chi connectivity index (χ2v) is 7.27. The molecular weight excluding hydrogens is 212 g/mol. The molecule has 0 spiro atoms. The van der Waals surface area contributed by atoms with Gasteiger partial charge < -0.3 is 4.79 Å². The average Bonchev–Trinajstić information content (AvgIpc) is 2.77. The van der Waals surface area contributed by atoms with Gasteiger partial charge in [0.1, 0.15) is 12.6 Å². The van der Waals surface area contributed by atoms with Crippen LogP contribution in [0, 0.1) is 28.1 Å². The molecule has 0 saturated heterocycles. The highest BCUT2D eigenvalue weighted by Gasteiger charge is 2.73. The largest absolute Gasteiger partial charge is 0.302 e. The van der Waals surface area contributed by atoms with Crippen molar-refractivity contribution in [2.75, 3.05) is 0 Å². The van der Waals surface area contributed by atoms with E-state index in [1.165, 1.54) is 6.42 Å². The topological polar surface area (TPSA) is 34.1 Å². The van der Waals surface area contributed by atoms with Crippen molar-refractivity contribution in [2.24, 2.45) is 28.1 Å². The standard InChI is InChI=1S/C15H20O2/c1-13(2)5-10-4-11(7-16)15(9-17)8-14(15,3)12(10)6-13/h4,7,9-10,12H,5-6,8H2,1-3H3/t10-,12+,14-,15-/m0/s1. The Morgan fingerprint density at radius 3 is 2.53 bits per heavy atom. The van der Waals surface area contributed by atoms with Crippen LogP contribution in [-0.2, 0) is 9.59 Å². The molecule has 2 fully saturated rings. The van der Waals surface area contributed by atoms with Gasteiger partial charge in [0.15, 0.2) is 0 Å². The van der Waals surface area contributed by atoms with Crippen LogP contribution in [0.15, 0.2) is 11.6 Å². The third kappa shape index (κ3) is 1.16. The van der Waals surface area contributed by atoms with Gasteiger partial charge in [0.25, 0.3) is 0 Å². The Labute approximate surface area is 102 Å². The van der Waals surface area contributed by atoms with Crippen LogP contribution in [0.3, 0.4) is 0 Å². The number of aldehydes is 2. The molecule has 92 valence electrons. The maximum atomic E-state index is 11.4. The van der Waals surface area contributed by atoms with Crippen LogP contribution in [0.25, 0.3) is 0 Å². The number of carbonyl (C=O) groups is 2. The van der Waals surface area contributed by atoms with Crippen molar-refractivity contribution in [3.8, 4) is 0 Å². The SMILES string of the molecule is CC1(C)C[C@@H]2[C@@H](C=C(C=O)[C@@]3(C=O)C[C@@]23C)C1. The summed E-state index contributed by atoms with van der Waals surface area (Å²) < 4.78 is 0. The van der Waals surface area contributed by atoms with Crippen LogP contribution >= 0.6 is 0 Å². The Morgan fingerprint density at radius 2 is 1.94 bits per heavy atom. The molecule has 0 aromatic rings. The van der Waals surface area contributed by atoms with Gasteiger partial charge in [-0.15, -0.1) is 0 Å². The lowest BCUT2D eigenvalue weighted by Gasteiger charge is -2.33. The zero-order valence-corrected chi connectivity index (χ0v) is 10.8. The van der Waals surface area contributed by atoms with Crippen molar-refractivity contribution in [2.45, 2.75) is 40.0 Å². The zero-order valence-electron chi connectivity index (χ0n) is 10.8. The summed E-state index contributed by atoms with van der Waals surface area (Å²) >= 11 is 0. The highest BCUT2D eigenvalue weighted by molar-refractivity contribution is 5.89. The third-order valence-electron chi connectivity index (χ3n) is 5.67. The second kappa shape index (κ2) is 2.90. The van der Waals surface area contributed by atoms with Gasteiger partial charge >= 0.3 is 0 Å². The maximum absolute atomic E-state index is 11.4. The third-order valence-corrected chi connectivity index (χ3v) is 5.67. The van der Waals surface area contributed by atoms with Crippen LogP contribution in [0.1, 0.15) is 40.0 Å². The lowest BCUT2D eigenvalue weighted by Crippen LogP contribution is -2.31. The molecule has 3 aliphatic carbocycles. The molecule has 4 atom stereocenters. The molecule has 0 unspecified atom stereocenters. The first-order valence-corrected chi connectivity index (χ1v) is 6.52. The normalized spacial score (nSPS) is 49.9. The first-order valence-electron chi connectivity index (χ1n) is 6.52. The van der Waals surface area contributed by atoms with E-state index in [4.69, 9.17) is 0 Å². The predicted molar refractivity (Wildman–Crippen MR) is 65.4 cm³/mol. The van der Waals surface area contributed by atoms with Crippen molar-refractivity contribution in [3.63, 3.8) is 0 Å². The number of rotatable bonds is 2. The first-order chi connectivity index (χ1) is 7.88. The molecule has 2 heteroatoms. The van der Waals surface area contributed by atoms with Crippen molar-refractivity contribution in [1.82, 2.24) is 0 Å². The molecule has 0 amide bonds. The van der Waals surface area contributed by atoms with Crippen LogP contribution < -0.4 is 0 Å². The van der Waals surface area contributed by atoms with Gasteiger partial charge in [-0.1, -0.05) is 26.8 Å². The maximum Gasteiger partial charge on any atom is 0.146 e. The fourth-order valence-electron chi connectivity index (χ4n) is 4.68. The van der Waals surface area contributed by atoms with E-state index in [0.717, 1.165) is 31.0 Å². The van der Waals surface area contributed by atoms with E-state index in [1.807, 2.05) is 0 Å². The Bertz CT molecular complexity index is 434. The molecule has 2 nitrogen and oxygen atoms in total. The van der Waals surface area contributed by atoms with E-state index in [2.05, 4.69) is 26.8 Å². The molecule has 2 saturated carbocycles. The molecule has 0 aromatic heterocycles. The quantitative estimate of drug-likeness (QED) is 0.686. The number of carbonyl (C=O) groups excluding carboxylic acids is 2. The van der Waals surface area contributed by atoms with Gasteiger partial charge in [-0.3, -0.25) is 4.79 Å². The van der Waals surface area contributed by atoms with Gasteiger partial charge in [-0.25, -0.2) is 0 Å². The summed E-state index contributed by atoms with van der Waals surface area (Å²) in [5, 5.41) is 0. The Hall–Kier alpha value is -0.920. The van der Waals surface area contributed by atoms with Gasteiger partial charge in [0, 0.05) is 5.57 Å². The number of allylic oxidation sites excluding steroid dienone is 2. The highest BCUT2D eigenvalue weighted by atomic mass is 16.1. The fourth-order valence-corrected chi connectivity index (χ4v) is 4.68. The Kier molecular flexibility index (Phi) is 1.91. The summed E-state index contributed by atoms with van der Waals surface area (Å²) in [6, 6.07) is 0. The summed E-state index contributed by atoms with van der Waals surface area (Å²) in [5.41, 5.74) is 0.729. The fraction of sp³-hybridized carbons (Fsp3) is 0.733. The van der Waals surface area contributed by atoms with Gasteiger partial charge in [0.05, 0.1) is 5.41 Å². The molecule has 0 heterocycles. The van der Waals surface area contributed by atoms with Gasteiger partial charge in [0.2, 0.25) is 0 Å². The molecule has 3 rings (SSSR count). The molecule has 0 aliphatic heterocycles. The Balaban J connectivity index is 2.07. The summed E-state index contributed by atoms with van der Waals surface area (Å²) in [4.78, 5) is 22.7. The van der Waals surface area contributed by atoms with Crippen molar-refractivity contribution in [1.29, 1.82) is 0 Å². The molecular formula is C15H20O2. The van der Waals surface area contributed by atoms with Crippen LogP contribution in [0.5, 0.6) is 0 Å². The zero-order chi connectivity index (χ0) is 12.5. The average molecular weight is 232 g/mol. The van der Waals surface area contributed by atoms with Crippen LogP contribution in [-0.4, -0.2) is 12.6 Å². The molecule has 0 radical (unpaired) electrons. The van der Waals surface area contributed by atoms with E-state index < -0.39 is 5.41 Å². The number of fused-ring (bicyclic) bond motifs is 3. The van der Waals surface area contributed by atoms with E-state index in [0.29, 0.717) is 17.3 Å².